The smallest absolute Gasteiger partial charge is 0.166 e. The largest absolute Gasteiger partial charge is 0.360 e. The van der Waals surface area contributed by atoms with Crippen molar-refractivity contribution in [2.24, 2.45) is 23.7 Å². The molecule has 2 nitrogen and oxygen atoms in total. The van der Waals surface area contributed by atoms with Gasteiger partial charge in [0.15, 0.2) is 5.11 Å². The van der Waals surface area contributed by atoms with Crippen molar-refractivity contribution < 1.29 is 0 Å². The predicted molar refractivity (Wildman–Crippen MR) is 72.7 cm³/mol. The van der Waals surface area contributed by atoms with Crippen LogP contribution in [-0.4, -0.2) is 17.2 Å². The fourth-order valence-electron chi connectivity index (χ4n) is 4.77. The normalized spacial score (nSPS) is 46.9. The van der Waals surface area contributed by atoms with Crippen LogP contribution in [0, 0.1) is 23.7 Å². The van der Waals surface area contributed by atoms with Crippen molar-refractivity contribution in [2.45, 2.75) is 57.0 Å². The summed E-state index contributed by atoms with van der Waals surface area (Å²) in [5.41, 5.74) is 0. The lowest BCUT2D eigenvalue weighted by atomic mass is 9.54. The molecule has 5 aliphatic rings. The molecule has 0 aromatic carbocycles. The summed E-state index contributed by atoms with van der Waals surface area (Å²) in [6.07, 6.45) is 10.0. The van der Waals surface area contributed by atoms with Gasteiger partial charge >= 0.3 is 0 Å². The number of rotatable bonds is 2. The SMILES string of the molecule is S=C(NC1CC1)NC1C2CC3CC(C2)CC1C3. The molecule has 0 saturated heterocycles. The van der Waals surface area contributed by atoms with Crippen LogP contribution >= 0.6 is 12.2 Å². The van der Waals surface area contributed by atoms with Gasteiger partial charge in [-0.1, -0.05) is 0 Å². The van der Waals surface area contributed by atoms with E-state index in [1.165, 1.54) is 44.9 Å². The Labute approximate surface area is 109 Å². The molecule has 94 valence electrons. The summed E-state index contributed by atoms with van der Waals surface area (Å²) in [4.78, 5) is 0. The fourth-order valence-corrected chi connectivity index (χ4v) is 5.07. The monoisotopic (exact) mass is 250 g/mol. The van der Waals surface area contributed by atoms with Gasteiger partial charge in [0.25, 0.3) is 0 Å². The lowest BCUT2D eigenvalue weighted by molar-refractivity contribution is -0.00694. The number of nitrogens with one attached hydrogen (secondary N) is 2. The van der Waals surface area contributed by atoms with Gasteiger partial charge < -0.3 is 10.6 Å². The third-order valence-electron chi connectivity index (χ3n) is 5.44. The highest BCUT2D eigenvalue weighted by Gasteiger charge is 2.48. The first-order valence-electron chi connectivity index (χ1n) is 7.35. The second-order valence-electron chi connectivity index (χ2n) is 6.85. The van der Waals surface area contributed by atoms with E-state index in [4.69, 9.17) is 12.2 Å². The molecule has 0 aliphatic heterocycles. The van der Waals surface area contributed by atoms with Crippen molar-refractivity contribution in [3.63, 3.8) is 0 Å². The molecule has 0 unspecified atom stereocenters. The Morgan fingerprint density at radius 3 is 1.94 bits per heavy atom. The van der Waals surface area contributed by atoms with E-state index in [0.717, 1.165) is 28.8 Å². The van der Waals surface area contributed by atoms with E-state index < -0.39 is 0 Å². The van der Waals surface area contributed by atoms with Crippen LogP contribution in [-0.2, 0) is 0 Å². The molecule has 5 fully saturated rings. The minimum absolute atomic E-state index is 0.687. The summed E-state index contributed by atoms with van der Waals surface area (Å²) in [6.45, 7) is 0. The van der Waals surface area contributed by atoms with E-state index in [9.17, 15) is 0 Å². The van der Waals surface area contributed by atoms with E-state index in [2.05, 4.69) is 10.6 Å². The van der Waals surface area contributed by atoms with E-state index in [1.54, 1.807) is 0 Å². The van der Waals surface area contributed by atoms with Gasteiger partial charge in [-0.05, 0) is 80.8 Å². The predicted octanol–water partition coefficient (Wildman–Crippen LogP) is 2.44. The number of hydrogen-bond acceptors (Lipinski definition) is 1. The van der Waals surface area contributed by atoms with Gasteiger partial charge in [0.2, 0.25) is 0 Å². The Morgan fingerprint density at radius 1 is 0.824 bits per heavy atom. The summed E-state index contributed by atoms with van der Waals surface area (Å²) in [5.74, 6) is 3.96. The molecule has 3 heteroatoms. The van der Waals surface area contributed by atoms with Crippen LogP contribution in [0.5, 0.6) is 0 Å². The van der Waals surface area contributed by atoms with Gasteiger partial charge in [-0.25, -0.2) is 0 Å². The molecule has 0 heterocycles. The zero-order valence-electron chi connectivity index (χ0n) is 10.3. The van der Waals surface area contributed by atoms with E-state index in [-0.39, 0.29) is 0 Å². The second-order valence-corrected chi connectivity index (χ2v) is 7.26. The maximum atomic E-state index is 5.45. The Morgan fingerprint density at radius 2 is 1.41 bits per heavy atom. The van der Waals surface area contributed by atoms with Crippen LogP contribution in [0.2, 0.25) is 0 Å². The minimum Gasteiger partial charge on any atom is -0.360 e. The van der Waals surface area contributed by atoms with Crippen LogP contribution in [0.1, 0.15) is 44.9 Å². The Balaban J connectivity index is 1.41. The van der Waals surface area contributed by atoms with Crippen molar-refractivity contribution >= 4 is 17.3 Å². The second kappa shape index (κ2) is 3.84. The number of thiocarbonyl (C=S) groups is 1. The molecule has 0 aromatic heterocycles. The average molecular weight is 250 g/mol. The zero-order chi connectivity index (χ0) is 11.4. The van der Waals surface area contributed by atoms with E-state index >= 15 is 0 Å². The fraction of sp³-hybridized carbons (Fsp3) is 0.929. The molecule has 4 bridgehead atoms. The summed E-state index contributed by atoms with van der Waals surface area (Å²) >= 11 is 5.45. The van der Waals surface area contributed by atoms with Gasteiger partial charge in [0, 0.05) is 12.1 Å². The van der Waals surface area contributed by atoms with Crippen LogP contribution < -0.4 is 10.6 Å². The molecule has 5 rings (SSSR count). The van der Waals surface area contributed by atoms with E-state index in [1.807, 2.05) is 0 Å². The topological polar surface area (TPSA) is 24.1 Å². The first-order chi connectivity index (χ1) is 8.28. The van der Waals surface area contributed by atoms with Gasteiger partial charge in [0.1, 0.15) is 0 Å². The third-order valence-corrected chi connectivity index (χ3v) is 5.67. The van der Waals surface area contributed by atoms with Gasteiger partial charge in [-0.2, -0.15) is 0 Å². The lowest BCUT2D eigenvalue weighted by Crippen LogP contribution is -2.57. The van der Waals surface area contributed by atoms with Crippen molar-refractivity contribution in [3.8, 4) is 0 Å². The molecule has 2 N–H and O–H groups in total. The highest BCUT2D eigenvalue weighted by molar-refractivity contribution is 7.80. The highest BCUT2D eigenvalue weighted by atomic mass is 32.1. The van der Waals surface area contributed by atoms with Crippen LogP contribution in [0.3, 0.4) is 0 Å². The molecule has 0 spiro atoms. The first-order valence-corrected chi connectivity index (χ1v) is 7.76. The van der Waals surface area contributed by atoms with Crippen molar-refractivity contribution in [2.75, 3.05) is 0 Å². The van der Waals surface area contributed by atoms with Crippen LogP contribution in [0.25, 0.3) is 0 Å². The maximum absolute atomic E-state index is 5.45. The van der Waals surface area contributed by atoms with Gasteiger partial charge in [-0.3, -0.25) is 0 Å². The molecular formula is C14H22N2S. The number of hydrogen-bond donors (Lipinski definition) is 2. The zero-order valence-corrected chi connectivity index (χ0v) is 11.1. The Bertz CT molecular complexity index is 309. The lowest BCUT2D eigenvalue weighted by Gasteiger charge is -2.54. The maximum Gasteiger partial charge on any atom is 0.166 e. The molecule has 0 radical (unpaired) electrons. The van der Waals surface area contributed by atoms with Crippen molar-refractivity contribution in [3.05, 3.63) is 0 Å². The van der Waals surface area contributed by atoms with Crippen LogP contribution in [0.15, 0.2) is 0 Å². The average Bonchev–Trinajstić information content (AvgIpc) is 3.06. The standard InChI is InChI=1S/C14H22N2S/c17-14(15-12-1-2-12)16-13-10-4-8-3-9(6-10)7-11(13)5-8/h8-13H,1-7H2,(H2,15,16,17). The van der Waals surface area contributed by atoms with Crippen molar-refractivity contribution in [1.82, 2.24) is 10.6 Å². The molecule has 0 atom stereocenters. The van der Waals surface area contributed by atoms with Gasteiger partial charge in [0.05, 0.1) is 0 Å². The summed E-state index contributed by atoms with van der Waals surface area (Å²) in [5, 5.41) is 8.02. The summed E-state index contributed by atoms with van der Waals surface area (Å²) in [6, 6.07) is 1.38. The molecule has 17 heavy (non-hydrogen) atoms. The molecule has 5 aliphatic carbocycles. The third kappa shape index (κ3) is 1.96. The summed E-state index contributed by atoms with van der Waals surface area (Å²) in [7, 11) is 0. The summed E-state index contributed by atoms with van der Waals surface area (Å²) < 4.78 is 0. The minimum atomic E-state index is 0.687. The highest BCUT2D eigenvalue weighted by Crippen LogP contribution is 2.53. The molecule has 0 amide bonds. The Hall–Kier alpha value is -0.310. The molecular weight excluding hydrogens is 228 g/mol. The van der Waals surface area contributed by atoms with E-state index in [0.29, 0.717) is 12.1 Å². The van der Waals surface area contributed by atoms with Crippen molar-refractivity contribution in [1.29, 1.82) is 0 Å². The first kappa shape index (κ1) is 10.6. The Kier molecular flexibility index (Phi) is 2.39. The molecule has 0 aromatic rings. The molecule has 5 saturated carbocycles. The van der Waals surface area contributed by atoms with Crippen LogP contribution in [0.4, 0.5) is 0 Å². The quantitative estimate of drug-likeness (QED) is 0.736. The van der Waals surface area contributed by atoms with Gasteiger partial charge in [-0.15, -0.1) is 0 Å².